The van der Waals surface area contributed by atoms with Gasteiger partial charge in [-0.05, 0) is 61.4 Å². The van der Waals surface area contributed by atoms with Crippen LogP contribution in [-0.2, 0) is 4.79 Å². The number of carbonyl (C=O) groups is 1. The average Bonchev–Trinajstić information content (AvgIpc) is 3.29. The maximum atomic E-state index is 12.2. The molecule has 0 spiro atoms. The third-order valence-corrected chi connectivity index (χ3v) is 5.38. The van der Waals surface area contributed by atoms with E-state index in [-0.39, 0.29) is 18.5 Å². The van der Waals surface area contributed by atoms with Crippen molar-refractivity contribution in [3.05, 3.63) is 59.0 Å². The first-order chi connectivity index (χ1) is 14.0. The molecule has 0 radical (unpaired) electrons. The number of amides is 1. The van der Waals surface area contributed by atoms with Crippen molar-refractivity contribution >= 4 is 28.2 Å². The van der Waals surface area contributed by atoms with Crippen LogP contribution in [0.15, 0.2) is 47.8 Å². The molecule has 0 aliphatic rings. The van der Waals surface area contributed by atoms with Gasteiger partial charge in [-0.1, -0.05) is 6.07 Å². The lowest BCUT2D eigenvalue weighted by atomic mass is 10.1. The SMILES string of the molecule is COc1ccc(-c2csc3nc(NC(=O)COc4ccc(C)c(C)c4)nn23)cc1. The fourth-order valence-corrected chi connectivity index (χ4v) is 3.64. The van der Waals surface area contributed by atoms with Gasteiger partial charge in [0, 0.05) is 10.9 Å². The van der Waals surface area contributed by atoms with Crippen molar-refractivity contribution in [3.63, 3.8) is 0 Å². The third kappa shape index (κ3) is 4.07. The van der Waals surface area contributed by atoms with Crippen LogP contribution >= 0.6 is 11.3 Å². The summed E-state index contributed by atoms with van der Waals surface area (Å²) in [6.07, 6.45) is 0. The summed E-state index contributed by atoms with van der Waals surface area (Å²) in [5, 5.41) is 9.08. The first-order valence-corrected chi connectivity index (χ1v) is 9.90. The van der Waals surface area contributed by atoms with Gasteiger partial charge >= 0.3 is 0 Å². The van der Waals surface area contributed by atoms with Crippen LogP contribution in [0, 0.1) is 13.8 Å². The first kappa shape index (κ1) is 18.9. The number of aromatic nitrogens is 3. The molecule has 2 heterocycles. The molecule has 1 amide bonds. The van der Waals surface area contributed by atoms with Crippen molar-refractivity contribution in [2.24, 2.45) is 0 Å². The molecule has 29 heavy (non-hydrogen) atoms. The quantitative estimate of drug-likeness (QED) is 0.520. The van der Waals surface area contributed by atoms with Crippen LogP contribution in [0.3, 0.4) is 0 Å². The first-order valence-electron chi connectivity index (χ1n) is 9.02. The molecule has 4 aromatic rings. The van der Waals surface area contributed by atoms with Crippen molar-refractivity contribution in [2.75, 3.05) is 19.0 Å². The predicted molar refractivity (Wildman–Crippen MR) is 113 cm³/mol. The second-order valence-electron chi connectivity index (χ2n) is 6.56. The topological polar surface area (TPSA) is 77.8 Å². The highest BCUT2D eigenvalue weighted by Gasteiger charge is 2.14. The Morgan fingerprint density at radius 1 is 1.10 bits per heavy atom. The standard InChI is InChI=1S/C21H20N4O3S/c1-13-4-7-17(10-14(13)2)28-11-19(26)22-20-23-21-25(24-20)18(12-29-21)15-5-8-16(27-3)9-6-15/h4-10,12H,11H2,1-3H3,(H,22,24,26). The van der Waals surface area contributed by atoms with Gasteiger partial charge in [-0.2, -0.15) is 4.98 Å². The number of anilines is 1. The van der Waals surface area contributed by atoms with E-state index in [1.54, 1.807) is 11.6 Å². The Kier molecular flexibility index (Phi) is 5.18. The van der Waals surface area contributed by atoms with Crippen LogP contribution < -0.4 is 14.8 Å². The Hall–Kier alpha value is -3.39. The monoisotopic (exact) mass is 408 g/mol. The minimum Gasteiger partial charge on any atom is -0.497 e. The molecule has 0 saturated carbocycles. The number of nitrogens with zero attached hydrogens (tertiary/aromatic N) is 3. The smallest absolute Gasteiger partial charge is 0.264 e. The van der Waals surface area contributed by atoms with Crippen LogP contribution in [0.1, 0.15) is 11.1 Å². The summed E-state index contributed by atoms with van der Waals surface area (Å²) in [6.45, 7) is 3.92. The lowest BCUT2D eigenvalue weighted by Gasteiger charge is -2.07. The summed E-state index contributed by atoms with van der Waals surface area (Å²) in [6, 6.07) is 13.4. The minimum atomic E-state index is -0.313. The molecule has 0 atom stereocenters. The Bertz CT molecular complexity index is 1160. The number of rotatable bonds is 6. The summed E-state index contributed by atoms with van der Waals surface area (Å²) < 4.78 is 12.5. The number of fused-ring (bicyclic) bond motifs is 1. The van der Waals surface area contributed by atoms with Crippen LogP contribution in [0.5, 0.6) is 11.5 Å². The lowest BCUT2D eigenvalue weighted by molar-refractivity contribution is -0.118. The van der Waals surface area contributed by atoms with Gasteiger partial charge in [-0.15, -0.1) is 16.4 Å². The number of methoxy groups -OCH3 is 1. The number of thiazole rings is 1. The molecule has 2 aromatic carbocycles. The van der Waals surface area contributed by atoms with Crippen molar-refractivity contribution in [1.29, 1.82) is 0 Å². The predicted octanol–water partition coefficient (Wildman–Crippen LogP) is 4.10. The molecule has 1 N–H and O–H groups in total. The third-order valence-electron chi connectivity index (χ3n) is 4.57. The normalized spacial score (nSPS) is 10.9. The maximum absolute atomic E-state index is 12.2. The Morgan fingerprint density at radius 3 is 2.59 bits per heavy atom. The van der Waals surface area contributed by atoms with Gasteiger partial charge in [-0.25, -0.2) is 4.52 Å². The Morgan fingerprint density at radius 2 is 1.86 bits per heavy atom. The molecule has 0 aliphatic heterocycles. The van der Waals surface area contributed by atoms with E-state index in [1.165, 1.54) is 16.9 Å². The van der Waals surface area contributed by atoms with Gasteiger partial charge < -0.3 is 9.47 Å². The molecule has 2 aromatic heterocycles. The van der Waals surface area contributed by atoms with E-state index < -0.39 is 0 Å². The molecule has 4 rings (SSSR count). The minimum absolute atomic E-state index is 0.110. The van der Waals surface area contributed by atoms with E-state index in [0.717, 1.165) is 22.6 Å². The Balaban J connectivity index is 1.44. The summed E-state index contributed by atoms with van der Waals surface area (Å²) >= 11 is 1.46. The number of benzene rings is 2. The van der Waals surface area contributed by atoms with Gasteiger partial charge in [0.15, 0.2) is 6.61 Å². The van der Waals surface area contributed by atoms with E-state index in [4.69, 9.17) is 9.47 Å². The van der Waals surface area contributed by atoms with E-state index in [9.17, 15) is 4.79 Å². The number of aryl methyl sites for hydroxylation is 2. The van der Waals surface area contributed by atoms with E-state index in [1.807, 2.05) is 61.7 Å². The summed E-state index contributed by atoms with van der Waals surface area (Å²) in [7, 11) is 1.63. The number of ether oxygens (including phenoxy) is 2. The number of carbonyl (C=O) groups excluding carboxylic acids is 1. The van der Waals surface area contributed by atoms with Gasteiger partial charge in [-0.3, -0.25) is 10.1 Å². The molecule has 7 nitrogen and oxygen atoms in total. The molecular formula is C21H20N4O3S. The van der Waals surface area contributed by atoms with E-state index >= 15 is 0 Å². The van der Waals surface area contributed by atoms with Crippen LogP contribution in [0.25, 0.3) is 16.2 Å². The highest BCUT2D eigenvalue weighted by molar-refractivity contribution is 7.15. The van der Waals surface area contributed by atoms with Gasteiger partial charge in [0.25, 0.3) is 11.9 Å². The zero-order valence-corrected chi connectivity index (χ0v) is 17.1. The fourth-order valence-electron chi connectivity index (χ4n) is 2.81. The number of nitrogens with one attached hydrogen (secondary N) is 1. The average molecular weight is 408 g/mol. The molecule has 148 valence electrons. The van der Waals surface area contributed by atoms with Crippen LogP contribution in [-0.4, -0.2) is 34.2 Å². The second kappa shape index (κ2) is 7.92. The van der Waals surface area contributed by atoms with Crippen molar-refractivity contribution < 1.29 is 14.3 Å². The van der Waals surface area contributed by atoms with Crippen LogP contribution in [0.2, 0.25) is 0 Å². The molecule has 0 aliphatic carbocycles. The maximum Gasteiger partial charge on any atom is 0.264 e. The molecule has 8 heteroatoms. The van der Waals surface area contributed by atoms with Gasteiger partial charge in [0.1, 0.15) is 11.5 Å². The molecule has 0 bridgehead atoms. The fraction of sp³-hybridized carbons (Fsp3) is 0.190. The Labute approximate surface area is 171 Å². The van der Waals surface area contributed by atoms with E-state index in [2.05, 4.69) is 15.4 Å². The highest BCUT2D eigenvalue weighted by Crippen LogP contribution is 2.27. The van der Waals surface area contributed by atoms with Crippen molar-refractivity contribution in [1.82, 2.24) is 14.6 Å². The van der Waals surface area contributed by atoms with Gasteiger partial charge in [0.2, 0.25) is 4.96 Å². The summed E-state index contributed by atoms with van der Waals surface area (Å²) in [5.41, 5.74) is 4.17. The largest absolute Gasteiger partial charge is 0.497 e. The van der Waals surface area contributed by atoms with E-state index in [0.29, 0.717) is 10.7 Å². The lowest BCUT2D eigenvalue weighted by Crippen LogP contribution is -2.21. The van der Waals surface area contributed by atoms with Crippen LogP contribution in [0.4, 0.5) is 5.95 Å². The molecule has 0 fully saturated rings. The number of hydrogen-bond donors (Lipinski definition) is 1. The van der Waals surface area contributed by atoms with Gasteiger partial charge in [0.05, 0.1) is 12.8 Å². The summed E-state index contributed by atoms with van der Waals surface area (Å²) in [4.78, 5) is 17.3. The summed E-state index contributed by atoms with van der Waals surface area (Å²) in [5.74, 6) is 1.38. The van der Waals surface area contributed by atoms with Crippen molar-refractivity contribution in [2.45, 2.75) is 13.8 Å². The molecular weight excluding hydrogens is 388 g/mol. The van der Waals surface area contributed by atoms with Crippen molar-refractivity contribution in [3.8, 4) is 22.8 Å². The zero-order chi connectivity index (χ0) is 20.4. The molecule has 0 saturated heterocycles. The zero-order valence-electron chi connectivity index (χ0n) is 16.3. The number of hydrogen-bond acceptors (Lipinski definition) is 6. The highest BCUT2D eigenvalue weighted by atomic mass is 32.1. The molecule has 0 unspecified atom stereocenters. The second-order valence-corrected chi connectivity index (χ2v) is 7.40.